The van der Waals surface area contributed by atoms with E-state index in [0.717, 1.165) is 30.0 Å². The zero-order valence-electron chi connectivity index (χ0n) is 13.0. The van der Waals surface area contributed by atoms with Gasteiger partial charge in [0.2, 0.25) is 0 Å². The summed E-state index contributed by atoms with van der Waals surface area (Å²) < 4.78 is 5.45. The summed E-state index contributed by atoms with van der Waals surface area (Å²) in [6.45, 7) is 2.93. The van der Waals surface area contributed by atoms with E-state index in [4.69, 9.17) is 10.5 Å². The molecule has 0 aliphatic carbocycles. The van der Waals surface area contributed by atoms with E-state index < -0.39 is 0 Å². The number of anilines is 1. The summed E-state index contributed by atoms with van der Waals surface area (Å²) in [5, 5.41) is 0. The minimum atomic E-state index is -0.0599. The SMILES string of the molecule is COc1cccc(N(C)CCc2ccccc2)c1[C@H](C)N. The van der Waals surface area contributed by atoms with Gasteiger partial charge in [-0.05, 0) is 31.0 Å². The van der Waals surface area contributed by atoms with Crippen LogP contribution in [0.1, 0.15) is 24.1 Å². The molecule has 2 aromatic carbocycles. The quantitative estimate of drug-likeness (QED) is 0.883. The summed E-state index contributed by atoms with van der Waals surface area (Å²) in [6, 6.07) is 16.5. The molecule has 21 heavy (non-hydrogen) atoms. The van der Waals surface area contributed by atoms with E-state index in [9.17, 15) is 0 Å². The number of nitrogens with two attached hydrogens (primary N) is 1. The molecule has 0 spiro atoms. The number of methoxy groups -OCH3 is 1. The molecule has 0 bridgehead atoms. The Morgan fingerprint density at radius 3 is 2.43 bits per heavy atom. The van der Waals surface area contributed by atoms with Gasteiger partial charge in [0.1, 0.15) is 5.75 Å². The van der Waals surface area contributed by atoms with Crippen LogP contribution in [0.25, 0.3) is 0 Å². The maximum atomic E-state index is 6.13. The summed E-state index contributed by atoms with van der Waals surface area (Å²) in [6.07, 6.45) is 1.01. The number of hydrogen-bond donors (Lipinski definition) is 1. The second-order valence-corrected chi connectivity index (χ2v) is 5.34. The lowest BCUT2D eigenvalue weighted by Crippen LogP contribution is -2.23. The number of ether oxygens (including phenoxy) is 1. The Kier molecular flexibility index (Phi) is 5.23. The van der Waals surface area contributed by atoms with Crippen molar-refractivity contribution in [2.45, 2.75) is 19.4 Å². The van der Waals surface area contributed by atoms with Gasteiger partial charge < -0.3 is 15.4 Å². The highest BCUT2D eigenvalue weighted by molar-refractivity contribution is 5.60. The van der Waals surface area contributed by atoms with Gasteiger partial charge in [0.25, 0.3) is 0 Å². The lowest BCUT2D eigenvalue weighted by molar-refractivity contribution is 0.407. The molecule has 0 amide bonds. The van der Waals surface area contributed by atoms with E-state index in [1.165, 1.54) is 5.56 Å². The largest absolute Gasteiger partial charge is 0.496 e. The van der Waals surface area contributed by atoms with Gasteiger partial charge in [-0.15, -0.1) is 0 Å². The van der Waals surface area contributed by atoms with E-state index in [2.05, 4.69) is 42.3 Å². The highest BCUT2D eigenvalue weighted by Crippen LogP contribution is 2.33. The van der Waals surface area contributed by atoms with Gasteiger partial charge in [-0.1, -0.05) is 36.4 Å². The zero-order chi connectivity index (χ0) is 15.2. The normalized spacial score (nSPS) is 12.0. The van der Waals surface area contributed by atoms with E-state index in [0.29, 0.717) is 0 Å². The van der Waals surface area contributed by atoms with Crippen molar-refractivity contribution in [1.29, 1.82) is 0 Å². The summed E-state index contributed by atoms with van der Waals surface area (Å²) >= 11 is 0. The molecule has 0 saturated heterocycles. The van der Waals surface area contributed by atoms with Crippen molar-refractivity contribution in [3.05, 3.63) is 59.7 Å². The molecule has 0 aromatic heterocycles. The van der Waals surface area contributed by atoms with Crippen LogP contribution in [0.3, 0.4) is 0 Å². The van der Waals surface area contributed by atoms with Crippen LogP contribution in [0.2, 0.25) is 0 Å². The highest BCUT2D eigenvalue weighted by Gasteiger charge is 2.15. The average molecular weight is 284 g/mol. The molecule has 3 nitrogen and oxygen atoms in total. The van der Waals surface area contributed by atoms with Gasteiger partial charge >= 0.3 is 0 Å². The van der Waals surface area contributed by atoms with Gasteiger partial charge in [0.05, 0.1) is 7.11 Å². The molecular formula is C18H24N2O. The van der Waals surface area contributed by atoms with Crippen molar-refractivity contribution in [2.24, 2.45) is 5.73 Å². The Balaban J connectivity index is 2.17. The molecule has 0 fully saturated rings. The number of likely N-dealkylation sites (N-methyl/N-ethyl adjacent to an activating group) is 1. The Morgan fingerprint density at radius 2 is 1.81 bits per heavy atom. The minimum absolute atomic E-state index is 0.0599. The lowest BCUT2D eigenvalue weighted by atomic mass is 10.0. The summed E-state index contributed by atoms with van der Waals surface area (Å²) in [7, 11) is 3.79. The topological polar surface area (TPSA) is 38.5 Å². The van der Waals surface area contributed by atoms with E-state index in [1.807, 2.05) is 25.1 Å². The van der Waals surface area contributed by atoms with E-state index in [1.54, 1.807) is 7.11 Å². The Hall–Kier alpha value is -2.00. The maximum absolute atomic E-state index is 6.13. The van der Waals surface area contributed by atoms with Crippen LogP contribution in [-0.2, 0) is 6.42 Å². The van der Waals surface area contributed by atoms with Crippen molar-refractivity contribution in [2.75, 3.05) is 25.6 Å². The first-order valence-corrected chi connectivity index (χ1v) is 7.31. The number of benzene rings is 2. The fraction of sp³-hybridized carbons (Fsp3) is 0.333. The van der Waals surface area contributed by atoms with Crippen LogP contribution >= 0.6 is 0 Å². The predicted octanol–water partition coefficient (Wildman–Crippen LogP) is 3.39. The lowest BCUT2D eigenvalue weighted by Gasteiger charge is -2.25. The maximum Gasteiger partial charge on any atom is 0.125 e. The molecule has 0 radical (unpaired) electrons. The van der Waals surface area contributed by atoms with Crippen molar-refractivity contribution < 1.29 is 4.74 Å². The van der Waals surface area contributed by atoms with Crippen molar-refractivity contribution in [3.8, 4) is 5.75 Å². The minimum Gasteiger partial charge on any atom is -0.496 e. The first kappa shape index (κ1) is 15.4. The van der Waals surface area contributed by atoms with Crippen molar-refractivity contribution >= 4 is 5.69 Å². The number of rotatable bonds is 6. The third-order valence-electron chi connectivity index (χ3n) is 3.71. The fourth-order valence-electron chi connectivity index (χ4n) is 2.56. The summed E-state index contributed by atoms with van der Waals surface area (Å²) in [5.74, 6) is 0.856. The molecule has 112 valence electrons. The van der Waals surface area contributed by atoms with Crippen LogP contribution in [-0.4, -0.2) is 20.7 Å². The molecule has 0 saturated carbocycles. The van der Waals surface area contributed by atoms with Crippen LogP contribution in [0.15, 0.2) is 48.5 Å². The molecule has 0 aliphatic rings. The second-order valence-electron chi connectivity index (χ2n) is 5.34. The van der Waals surface area contributed by atoms with Gasteiger partial charge in [0.15, 0.2) is 0 Å². The summed E-state index contributed by atoms with van der Waals surface area (Å²) in [5.41, 5.74) is 9.68. The molecule has 0 unspecified atom stereocenters. The smallest absolute Gasteiger partial charge is 0.125 e. The first-order chi connectivity index (χ1) is 10.1. The van der Waals surface area contributed by atoms with Gasteiger partial charge in [0, 0.05) is 30.9 Å². The molecule has 0 heterocycles. The van der Waals surface area contributed by atoms with Gasteiger partial charge in [-0.25, -0.2) is 0 Å². The standard InChI is InChI=1S/C18H24N2O/c1-14(19)18-16(10-7-11-17(18)21-3)20(2)13-12-15-8-5-4-6-9-15/h4-11,14H,12-13,19H2,1-3H3/t14-/m0/s1. The predicted molar refractivity (Wildman–Crippen MR) is 89.0 cm³/mol. The van der Waals surface area contributed by atoms with Gasteiger partial charge in [-0.3, -0.25) is 0 Å². The molecule has 0 aliphatic heterocycles. The van der Waals surface area contributed by atoms with Crippen LogP contribution in [0, 0.1) is 0 Å². The second kappa shape index (κ2) is 7.14. The average Bonchev–Trinajstić information content (AvgIpc) is 2.52. The van der Waals surface area contributed by atoms with Gasteiger partial charge in [-0.2, -0.15) is 0 Å². The van der Waals surface area contributed by atoms with Crippen molar-refractivity contribution in [1.82, 2.24) is 0 Å². The van der Waals surface area contributed by atoms with Crippen LogP contribution in [0.5, 0.6) is 5.75 Å². The molecular weight excluding hydrogens is 260 g/mol. The number of nitrogens with zero attached hydrogens (tertiary/aromatic N) is 1. The Morgan fingerprint density at radius 1 is 1.10 bits per heavy atom. The monoisotopic (exact) mass is 284 g/mol. The molecule has 1 atom stereocenters. The Labute approximate surface area is 127 Å². The fourth-order valence-corrected chi connectivity index (χ4v) is 2.56. The molecule has 3 heteroatoms. The molecule has 2 rings (SSSR count). The highest BCUT2D eigenvalue weighted by atomic mass is 16.5. The zero-order valence-corrected chi connectivity index (χ0v) is 13.0. The van der Waals surface area contributed by atoms with E-state index in [-0.39, 0.29) is 6.04 Å². The Bertz CT molecular complexity index is 567. The molecule has 2 N–H and O–H groups in total. The van der Waals surface area contributed by atoms with Crippen LogP contribution in [0.4, 0.5) is 5.69 Å². The van der Waals surface area contributed by atoms with E-state index >= 15 is 0 Å². The third-order valence-corrected chi connectivity index (χ3v) is 3.71. The third kappa shape index (κ3) is 3.76. The molecule has 2 aromatic rings. The first-order valence-electron chi connectivity index (χ1n) is 7.31. The summed E-state index contributed by atoms with van der Waals surface area (Å²) in [4.78, 5) is 2.24. The van der Waals surface area contributed by atoms with Crippen LogP contribution < -0.4 is 15.4 Å². The van der Waals surface area contributed by atoms with Crippen molar-refractivity contribution in [3.63, 3.8) is 0 Å². The number of hydrogen-bond acceptors (Lipinski definition) is 3.